The van der Waals surface area contributed by atoms with Crippen LogP contribution < -0.4 is 4.74 Å². The van der Waals surface area contributed by atoms with E-state index in [1.807, 2.05) is 6.92 Å². The van der Waals surface area contributed by atoms with Crippen LogP contribution in [0.25, 0.3) is 0 Å². The second kappa shape index (κ2) is 7.63. The second-order valence-electron chi connectivity index (χ2n) is 6.07. The van der Waals surface area contributed by atoms with Gasteiger partial charge in [0.2, 0.25) is 0 Å². The van der Waals surface area contributed by atoms with Crippen molar-refractivity contribution in [3.8, 4) is 5.75 Å². The van der Waals surface area contributed by atoms with Crippen molar-refractivity contribution in [1.82, 2.24) is 4.90 Å². The third-order valence-electron chi connectivity index (χ3n) is 4.37. The van der Waals surface area contributed by atoms with Crippen molar-refractivity contribution in [2.45, 2.75) is 40.2 Å². The molecule has 1 aromatic carbocycles. The van der Waals surface area contributed by atoms with Gasteiger partial charge >= 0.3 is 5.97 Å². The quantitative estimate of drug-likeness (QED) is 0.784. The molecule has 2 rings (SSSR count). The minimum atomic E-state index is -0.0465. The number of ether oxygens (including phenoxy) is 2. The van der Waals surface area contributed by atoms with E-state index in [0.717, 1.165) is 43.8 Å². The van der Waals surface area contributed by atoms with Crippen LogP contribution in [0.1, 0.15) is 36.5 Å². The van der Waals surface area contributed by atoms with Crippen LogP contribution in [0.15, 0.2) is 12.1 Å². The summed E-state index contributed by atoms with van der Waals surface area (Å²) in [5, 5.41) is 0. The van der Waals surface area contributed by atoms with Gasteiger partial charge in [-0.3, -0.25) is 9.69 Å². The minimum Gasteiger partial charge on any atom is -0.496 e. The van der Waals surface area contributed by atoms with Crippen molar-refractivity contribution >= 4 is 5.97 Å². The Balaban J connectivity index is 2.04. The molecule has 122 valence electrons. The first-order valence-corrected chi connectivity index (χ1v) is 8.08. The second-order valence-corrected chi connectivity index (χ2v) is 6.07. The van der Waals surface area contributed by atoms with Crippen molar-refractivity contribution in [3.63, 3.8) is 0 Å². The molecule has 0 unspecified atom stereocenters. The van der Waals surface area contributed by atoms with Crippen molar-refractivity contribution in [2.24, 2.45) is 5.92 Å². The predicted octanol–water partition coefficient (Wildman–Crippen LogP) is 3.09. The molecular formula is C18H27NO3. The Bertz CT molecular complexity index is 527. The zero-order valence-electron chi connectivity index (χ0n) is 14.1. The SMILES string of the molecule is CCOC(=O)[C@H]1CCCN(Cc2cc(C)c(OC)cc2C)C1. The maximum atomic E-state index is 11.9. The van der Waals surface area contributed by atoms with Crippen LogP contribution in [-0.2, 0) is 16.1 Å². The average molecular weight is 305 g/mol. The normalized spacial score (nSPS) is 19.0. The summed E-state index contributed by atoms with van der Waals surface area (Å²) in [5.74, 6) is 0.910. The molecule has 0 saturated carbocycles. The number of benzene rings is 1. The summed E-state index contributed by atoms with van der Waals surface area (Å²) >= 11 is 0. The number of carbonyl (C=O) groups excluding carboxylic acids is 1. The Labute approximate surface area is 133 Å². The molecule has 4 heteroatoms. The Morgan fingerprint density at radius 1 is 1.32 bits per heavy atom. The molecule has 1 fully saturated rings. The van der Waals surface area contributed by atoms with Crippen LogP contribution in [0.5, 0.6) is 5.75 Å². The standard InChI is InChI=1S/C18H27NO3/c1-5-22-18(20)15-7-6-8-19(11-15)12-16-9-14(3)17(21-4)10-13(16)2/h9-10,15H,5-8,11-12H2,1-4H3/t15-/m0/s1. The van der Waals surface area contributed by atoms with E-state index in [4.69, 9.17) is 9.47 Å². The minimum absolute atomic E-state index is 0.0216. The van der Waals surface area contributed by atoms with E-state index in [-0.39, 0.29) is 11.9 Å². The van der Waals surface area contributed by atoms with E-state index in [1.54, 1.807) is 7.11 Å². The topological polar surface area (TPSA) is 38.8 Å². The number of likely N-dealkylation sites (tertiary alicyclic amines) is 1. The van der Waals surface area contributed by atoms with Crippen LogP contribution >= 0.6 is 0 Å². The van der Waals surface area contributed by atoms with Crippen molar-refractivity contribution in [1.29, 1.82) is 0 Å². The molecule has 1 heterocycles. The molecule has 1 aromatic rings. The summed E-state index contributed by atoms with van der Waals surface area (Å²) in [6.07, 6.45) is 1.99. The highest BCUT2D eigenvalue weighted by Gasteiger charge is 2.27. The van der Waals surface area contributed by atoms with Crippen molar-refractivity contribution in [3.05, 3.63) is 28.8 Å². The monoisotopic (exact) mass is 305 g/mol. The zero-order chi connectivity index (χ0) is 16.1. The van der Waals surface area contributed by atoms with Gasteiger partial charge in [-0.2, -0.15) is 0 Å². The fraction of sp³-hybridized carbons (Fsp3) is 0.611. The van der Waals surface area contributed by atoms with Gasteiger partial charge in [0.15, 0.2) is 0 Å². The van der Waals surface area contributed by atoms with E-state index < -0.39 is 0 Å². The molecule has 0 spiro atoms. The summed E-state index contributed by atoms with van der Waals surface area (Å²) in [6, 6.07) is 4.29. The summed E-state index contributed by atoms with van der Waals surface area (Å²) in [6.45, 7) is 9.23. The maximum Gasteiger partial charge on any atom is 0.310 e. The van der Waals surface area contributed by atoms with Gasteiger partial charge < -0.3 is 9.47 Å². The largest absolute Gasteiger partial charge is 0.496 e. The lowest BCUT2D eigenvalue weighted by molar-refractivity contribution is -0.150. The molecule has 0 N–H and O–H groups in total. The number of carbonyl (C=O) groups is 1. The van der Waals surface area contributed by atoms with Gasteiger partial charge in [-0.05, 0) is 62.9 Å². The summed E-state index contributed by atoms with van der Waals surface area (Å²) < 4.78 is 10.5. The number of hydrogen-bond donors (Lipinski definition) is 0. The van der Waals surface area contributed by atoms with Crippen LogP contribution in [-0.4, -0.2) is 37.7 Å². The van der Waals surface area contributed by atoms with Crippen LogP contribution in [0, 0.1) is 19.8 Å². The lowest BCUT2D eigenvalue weighted by atomic mass is 9.96. The highest BCUT2D eigenvalue weighted by molar-refractivity contribution is 5.72. The molecule has 0 radical (unpaired) electrons. The van der Waals surface area contributed by atoms with E-state index in [2.05, 4.69) is 30.9 Å². The van der Waals surface area contributed by atoms with Crippen LogP contribution in [0.3, 0.4) is 0 Å². The summed E-state index contributed by atoms with van der Waals surface area (Å²) in [5.41, 5.74) is 3.70. The molecule has 1 aliphatic rings. The predicted molar refractivity (Wildman–Crippen MR) is 87.1 cm³/mol. The first-order chi connectivity index (χ1) is 10.5. The highest BCUT2D eigenvalue weighted by atomic mass is 16.5. The van der Waals surface area contributed by atoms with Gasteiger partial charge in [-0.1, -0.05) is 6.07 Å². The van der Waals surface area contributed by atoms with E-state index in [1.165, 1.54) is 11.1 Å². The van der Waals surface area contributed by atoms with Crippen molar-refractivity contribution in [2.75, 3.05) is 26.8 Å². The van der Waals surface area contributed by atoms with Gasteiger partial charge in [0.25, 0.3) is 0 Å². The summed E-state index contributed by atoms with van der Waals surface area (Å²) in [4.78, 5) is 14.3. The van der Waals surface area contributed by atoms with E-state index in [9.17, 15) is 4.79 Å². The highest BCUT2D eigenvalue weighted by Crippen LogP contribution is 2.25. The molecule has 1 aliphatic heterocycles. The fourth-order valence-corrected chi connectivity index (χ4v) is 3.13. The lowest BCUT2D eigenvalue weighted by Gasteiger charge is -2.32. The molecule has 0 aromatic heterocycles. The Morgan fingerprint density at radius 3 is 2.77 bits per heavy atom. The molecule has 0 aliphatic carbocycles. The zero-order valence-corrected chi connectivity index (χ0v) is 14.1. The molecular weight excluding hydrogens is 278 g/mol. The number of piperidine rings is 1. The number of rotatable bonds is 5. The molecule has 0 amide bonds. The number of methoxy groups -OCH3 is 1. The lowest BCUT2D eigenvalue weighted by Crippen LogP contribution is -2.39. The first kappa shape index (κ1) is 16.8. The van der Waals surface area contributed by atoms with Gasteiger partial charge in [0.05, 0.1) is 19.6 Å². The Hall–Kier alpha value is -1.55. The van der Waals surface area contributed by atoms with Crippen LogP contribution in [0.2, 0.25) is 0 Å². The van der Waals surface area contributed by atoms with Gasteiger partial charge in [-0.15, -0.1) is 0 Å². The smallest absolute Gasteiger partial charge is 0.310 e. The number of nitrogens with zero attached hydrogens (tertiary/aromatic N) is 1. The van der Waals surface area contributed by atoms with Crippen LogP contribution in [0.4, 0.5) is 0 Å². The van der Waals surface area contributed by atoms with Crippen molar-refractivity contribution < 1.29 is 14.3 Å². The number of esters is 1. The third kappa shape index (κ3) is 4.01. The molecule has 1 atom stereocenters. The average Bonchev–Trinajstić information content (AvgIpc) is 2.51. The Morgan fingerprint density at radius 2 is 2.09 bits per heavy atom. The molecule has 0 bridgehead atoms. The maximum absolute atomic E-state index is 11.9. The van der Waals surface area contributed by atoms with E-state index >= 15 is 0 Å². The first-order valence-electron chi connectivity index (χ1n) is 8.08. The van der Waals surface area contributed by atoms with Gasteiger partial charge in [-0.25, -0.2) is 0 Å². The molecule has 1 saturated heterocycles. The van der Waals surface area contributed by atoms with Gasteiger partial charge in [0.1, 0.15) is 5.75 Å². The number of hydrogen-bond acceptors (Lipinski definition) is 4. The fourth-order valence-electron chi connectivity index (χ4n) is 3.13. The van der Waals surface area contributed by atoms with E-state index in [0.29, 0.717) is 6.61 Å². The third-order valence-corrected chi connectivity index (χ3v) is 4.37. The molecule has 22 heavy (non-hydrogen) atoms. The van der Waals surface area contributed by atoms with Gasteiger partial charge in [0, 0.05) is 13.1 Å². The molecule has 4 nitrogen and oxygen atoms in total. The Kier molecular flexibility index (Phi) is 5.83. The number of aryl methyl sites for hydroxylation is 2. The summed E-state index contributed by atoms with van der Waals surface area (Å²) in [7, 11) is 1.70.